The van der Waals surface area contributed by atoms with Crippen molar-refractivity contribution < 1.29 is 15.0 Å². The molecular formula is C13H19NO3. The number of aromatic hydroxyl groups is 1. The van der Waals surface area contributed by atoms with E-state index >= 15 is 0 Å². The normalized spacial score (nSPS) is 10.6. The zero-order valence-electron chi connectivity index (χ0n) is 10.5. The predicted molar refractivity (Wildman–Crippen MR) is 66.1 cm³/mol. The lowest BCUT2D eigenvalue weighted by molar-refractivity contribution is 0.0662. The van der Waals surface area contributed by atoms with E-state index in [0.29, 0.717) is 5.56 Å². The van der Waals surface area contributed by atoms with Crippen molar-refractivity contribution in [2.24, 2.45) is 0 Å². The topological polar surface area (TPSA) is 60.8 Å². The van der Waals surface area contributed by atoms with Crippen LogP contribution in [0.5, 0.6) is 5.75 Å². The molecule has 1 aromatic rings. The third kappa shape index (κ3) is 2.97. The van der Waals surface area contributed by atoms with Gasteiger partial charge in [-0.25, -0.2) is 0 Å². The number of nitrogens with zero attached hydrogens (tertiary/aromatic N) is 1. The molecular weight excluding hydrogens is 218 g/mol. The van der Waals surface area contributed by atoms with Crippen LogP contribution in [-0.2, 0) is 0 Å². The summed E-state index contributed by atoms with van der Waals surface area (Å²) in [6, 6.07) is 5.06. The molecule has 0 saturated heterocycles. The molecule has 0 saturated carbocycles. The van der Waals surface area contributed by atoms with E-state index in [1.807, 2.05) is 13.8 Å². The minimum atomic E-state index is -0.254. The summed E-state index contributed by atoms with van der Waals surface area (Å²) in [5, 5.41) is 18.8. The van der Waals surface area contributed by atoms with Crippen LogP contribution in [0.25, 0.3) is 0 Å². The van der Waals surface area contributed by atoms with E-state index in [1.165, 1.54) is 4.90 Å². The highest BCUT2D eigenvalue weighted by Gasteiger charge is 2.21. The number of carbonyl (C=O) groups excluding carboxylic acids is 1. The highest BCUT2D eigenvalue weighted by molar-refractivity contribution is 5.97. The zero-order chi connectivity index (χ0) is 13.0. The number of aliphatic hydroxyl groups excluding tert-OH is 1. The Morgan fingerprint density at radius 3 is 2.59 bits per heavy atom. The minimum absolute atomic E-state index is 0.0149. The number of phenolic OH excluding ortho intramolecular Hbond substituents is 1. The number of amides is 1. The second kappa shape index (κ2) is 5.68. The molecule has 17 heavy (non-hydrogen) atoms. The van der Waals surface area contributed by atoms with E-state index in [1.54, 1.807) is 25.1 Å². The summed E-state index contributed by atoms with van der Waals surface area (Å²) < 4.78 is 0. The standard InChI is InChI=1S/C13H19NO3/c1-9(2)14(7-8-15)13(17)11-6-4-5-10(3)12(11)16/h4-6,9,15-16H,7-8H2,1-3H3. The first-order valence-corrected chi connectivity index (χ1v) is 5.69. The van der Waals surface area contributed by atoms with Crippen LogP contribution in [-0.4, -0.2) is 40.2 Å². The van der Waals surface area contributed by atoms with Crippen LogP contribution in [0.2, 0.25) is 0 Å². The van der Waals surface area contributed by atoms with Gasteiger partial charge in [0.1, 0.15) is 5.75 Å². The fourth-order valence-corrected chi connectivity index (χ4v) is 1.69. The number of aryl methyl sites for hydroxylation is 1. The number of para-hydroxylation sites is 1. The van der Waals surface area contributed by atoms with Crippen molar-refractivity contribution in [1.82, 2.24) is 4.90 Å². The lowest BCUT2D eigenvalue weighted by Crippen LogP contribution is -2.39. The van der Waals surface area contributed by atoms with Gasteiger partial charge in [0, 0.05) is 12.6 Å². The maximum absolute atomic E-state index is 12.2. The van der Waals surface area contributed by atoms with Gasteiger partial charge < -0.3 is 15.1 Å². The van der Waals surface area contributed by atoms with Crippen LogP contribution in [0.4, 0.5) is 0 Å². The van der Waals surface area contributed by atoms with Gasteiger partial charge in [-0.2, -0.15) is 0 Å². The van der Waals surface area contributed by atoms with Gasteiger partial charge in [0.2, 0.25) is 0 Å². The Morgan fingerprint density at radius 2 is 2.06 bits per heavy atom. The largest absolute Gasteiger partial charge is 0.507 e. The smallest absolute Gasteiger partial charge is 0.257 e. The monoisotopic (exact) mass is 237 g/mol. The van der Waals surface area contributed by atoms with Gasteiger partial charge in [0.15, 0.2) is 0 Å². The third-order valence-electron chi connectivity index (χ3n) is 2.69. The Balaban J connectivity index is 3.05. The summed E-state index contributed by atoms with van der Waals surface area (Å²) in [7, 11) is 0. The second-order valence-electron chi connectivity index (χ2n) is 4.29. The van der Waals surface area contributed by atoms with Gasteiger partial charge in [-0.1, -0.05) is 12.1 Å². The van der Waals surface area contributed by atoms with Gasteiger partial charge in [0.05, 0.1) is 12.2 Å². The molecule has 1 aromatic carbocycles. The summed E-state index contributed by atoms with van der Waals surface area (Å²) in [4.78, 5) is 13.7. The molecule has 0 unspecified atom stereocenters. The van der Waals surface area contributed by atoms with Gasteiger partial charge in [-0.05, 0) is 32.4 Å². The van der Waals surface area contributed by atoms with E-state index in [9.17, 15) is 9.90 Å². The SMILES string of the molecule is Cc1cccc(C(=O)N(CCO)C(C)C)c1O. The summed E-state index contributed by atoms with van der Waals surface area (Å²) in [6.07, 6.45) is 0. The van der Waals surface area contributed by atoms with Crippen molar-refractivity contribution in [3.8, 4) is 5.75 Å². The Morgan fingerprint density at radius 1 is 1.41 bits per heavy atom. The van der Waals surface area contributed by atoms with Crippen molar-refractivity contribution in [2.45, 2.75) is 26.8 Å². The Labute approximate surface area is 101 Å². The first kappa shape index (κ1) is 13.5. The lowest BCUT2D eigenvalue weighted by atomic mass is 10.1. The van der Waals surface area contributed by atoms with E-state index in [4.69, 9.17) is 5.11 Å². The second-order valence-corrected chi connectivity index (χ2v) is 4.29. The molecule has 94 valence electrons. The summed E-state index contributed by atoms with van der Waals surface area (Å²) in [5.41, 5.74) is 0.954. The Hall–Kier alpha value is -1.55. The third-order valence-corrected chi connectivity index (χ3v) is 2.69. The Kier molecular flexibility index (Phi) is 4.52. The maximum atomic E-state index is 12.2. The quantitative estimate of drug-likeness (QED) is 0.835. The molecule has 0 radical (unpaired) electrons. The molecule has 4 heteroatoms. The molecule has 1 rings (SSSR count). The van der Waals surface area contributed by atoms with Crippen molar-refractivity contribution in [1.29, 1.82) is 0 Å². The van der Waals surface area contributed by atoms with E-state index < -0.39 is 0 Å². The average Bonchev–Trinajstić information content (AvgIpc) is 2.28. The number of hydrogen-bond donors (Lipinski definition) is 2. The molecule has 0 aliphatic carbocycles. The molecule has 2 N–H and O–H groups in total. The van der Waals surface area contributed by atoms with Crippen molar-refractivity contribution in [3.63, 3.8) is 0 Å². The molecule has 0 atom stereocenters. The summed E-state index contributed by atoms with van der Waals surface area (Å²) in [6.45, 7) is 5.68. The molecule has 0 bridgehead atoms. The first-order valence-electron chi connectivity index (χ1n) is 5.69. The first-order chi connectivity index (χ1) is 7.99. The van der Waals surface area contributed by atoms with Crippen LogP contribution in [0.3, 0.4) is 0 Å². The Bertz CT molecular complexity index is 402. The van der Waals surface area contributed by atoms with Gasteiger partial charge in [-0.3, -0.25) is 4.79 Å². The van der Waals surface area contributed by atoms with Crippen molar-refractivity contribution in [3.05, 3.63) is 29.3 Å². The molecule has 0 aromatic heterocycles. The highest BCUT2D eigenvalue weighted by atomic mass is 16.3. The van der Waals surface area contributed by atoms with Crippen molar-refractivity contribution >= 4 is 5.91 Å². The van der Waals surface area contributed by atoms with Crippen LogP contribution >= 0.6 is 0 Å². The molecule has 4 nitrogen and oxygen atoms in total. The van der Waals surface area contributed by atoms with E-state index in [2.05, 4.69) is 0 Å². The number of phenols is 1. The molecule has 0 fully saturated rings. The molecule has 1 amide bonds. The average molecular weight is 237 g/mol. The van der Waals surface area contributed by atoms with Crippen LogP contribution in [0, 0.1) is 6.92 Å². The van der Waals surface area contributed by atoms with Gasteiger partial charge in [0.25, 0.3) is 5.91 Å². The predicted octanol–water partition coefficient (Wildman–Crippen LogP) is 1.54. The minimum Gasteiger partial charge on any atom is -0.507 e. The van der Waals surface area contributed by atoms with Gasteiger partial charge >= 0.3 is 0 Å². The van der Waals surface area contributed by atoms with Crippen LogP contribution in [0.15, 0.2) is 18.2 Å². The number of hydrogen-bond acceptors (Lipinski definition) is 3. The maximum Gasteiger partial charge on any atom is 0.257 e. The number of rotatable bonds is 4. The lowest BCUT2D eigenvalue weighted by Gasteiger charge is -2.26. The van der Waals surface area contributed by atoms with Crippen LogP contribution < -0.4 is 0 Å². The van der Waals surface area contributed by atoms with E-state index in [-0.39, 0.29) is 36.4 Å². The molecule has 0 spiro atoms. The van der Waals surface area contributed by atoms with Gasteiger partial charge in [-0.15, -0.1) is 0 Å². The summed E-state index contributed by atoms with van der Waals surface area (Å²) >= 11 is 0. The molecule has 0 aliphatic rings. The highest BCUT2D eigenvalue weighted by Crippen LogP contribution is 2.23. The zero-order valence-corrected chi connectivity index (χ0v) is 10.5. The summed E-state index contributed by atoms with van der Waals surface area (Å²) in [5.74, 6) is -0.240. The molecule has 0 heterocycles. The molecule has 0 aliphatic heterocycles. The van der Waals surface area contributed by atoms with Crippen molar-refractivity contribution in [2.75, 3.05) is 13.2 Å². The number of aliphatic hydroxyl groups is 1. The fraction of sp³-hybridized carbons (Fsp3) is 0.462. The van der Waals surface area contributed by atoms with Crippen LogP contribution in [0.1, 0.15) is 29.8 Å². The number of benzene rings is 1. The fourth-order valence-electron chi connectivity index (χ4n) is 1.69. The van der Waals surface area contributed by atoms with E-state index in [0.717, 1.165) is 0 Å². The number of carbonyl (C=O) groups is 1.